The van der Waals surface area contributed by atoms with Crippen molar-refractivity contribution < 1.29 is 9.13 Å². The minimum absolute atomic E-state index is 0.166. The first-order valence-corrected chi connectivity index (χ1v) is 7.63. The monoisotopic (exact) mass is 323 g/mol. The minimum atomic E-state index is -0.418. The number of hydrogen-bond acceptors (Lipinski definition) is 5. The number of aromatic nitrogens is 1. The molecule has 2 aliphatic rings. The lowest BCUT2D eigenvalue weighted by atomic mass is 10.1. The van der Waals surface area contributed by atoms with E-state index in [-0.39, 0.29) is 5.75 Å². The summed E-state index contributed by atoms with van der Waals surface area (Å²) in [6.45, 7) is 4.08. The zero-order valence-corrected chi connectivity index (χ0v) is 13.2. The molecule has 1 aromatic heterocycles. The highest BCUT2D eigenvalue weighted by atomic mass is 32.1. The molecule has 6 nitrogen and oxygen atoms in total. The van der Waals surface area contributed by atoms with Crippen LogP contribution in [-0.4, -0.2) is 65.4 Å². The second kappa shape index (κ2) is 6.53. The molecule has 0 bridgehead atoms. The molecular formula is C14H18FN5OS. The predicted molar refractivity (Wildman–Crippen MR) is 85.6 cm³/mol. The third-order valence-corrected chi connectivity index (χ3v) is 4.14. The third-order valence-electron chi connectivity index (χ3n) is 3.79. The van der Waals surface area contributed by atoms with Crippen molar-refractivity contribution in [3.63, 3.8) is 0 Å². The first-order valence-electron chi connectivity index (χ1n) is 7.23. The Morgan fingerprint density at radius 3 is 2.95 bits per heavy atom. The summed E-state index contributed by atoms with van der Waals surface area (Å²) >= 11 is 5.37. The van der Waals surface area contributed by atoms with E-state index in [9.17, 15) is 4.39 Å². The summed E-state index contributed by atoms with van der Waals surface area (Å²) in [5.74, 6) is -0.251. The number of halogens is 1. The van der Waals surface area contributed by atoms with Crippen LogP contribution in [0.3, 0.4) is 0 Å². The van der Waals surface area contributed by atoms with E-state index in [0.29, 0.717) is 29.5 Å². The van der Waals surface area contributed by atoms with E-state index in [4.69, 9.17) is 17.0 Å². The van der Waals surface area contributed by atoms with Crippen LogP contribution < -0.4 is 10.2 Å². The Balaban J connectivity index is 1.69. The fourth-order valence-electron chi connectivity index (χ4n) is 2.44. The summed E-state index contributed by atoms with van der Waals surface area (Å²) in [5.41, 5.74) is 4.01. The van der Waals surface area contributed by atoms with E-state index in [2.05, 4.69) is 32.4 Å². The number of rotatable bonds is 1. The lowest BCUT2D eigenvalue weighted by Crippen LogP contribution is -2.49. The highest BCUT2D eigenvalue weighted by Gasteiger charge is 2.22. The Morgan fingerprint density at radius 2 is 2.18 bits per heavy atom. The van der Waals surface area contributed by atoms with Gasteiger partial charge in [0.05, 0.1) is 12.3 Å². The van der Waals surface area contributed by atoms with Crippen molar-refractivity contribution in [3.05, 3.63) is 23.8 Å². The van der Waals surface area contributed by atoms with Crippen LogP contribution >= 0.6 is 12.2 Å². The van der Waals surface area contributed by atoms with E-state index < -0.39 is 5.82 Å². The van der Waals surface area contributed by atoms with E-state index in [1.807, 2.05) is 0 Å². The maximum absolute atomic E-state index is 13.7. The zero-order chi connectivity index (χ0) is 15.5. The molecule has 8 heteroatoms. The zero-order valence-electron chi connectivity index (χ0n) is 12.4. The standard InChI is InChI=1S/C14H18FN5OS/c1-19-5-7-20(8-6-19)14(22)18-17-11-3-9-21-13-10(15)2-4-16-12(11)13/h2,4H,3,5-9H2,1H3,(H,18,22)/b17-11-. The first-order chi connectivity index (χ1) is 10.6. The highest BCUT2D eigenvalue weighted by Crippen LogP contribution is 2.25. The highest BCUT2D eigenvalue weighted by molar-refractivity contribution is 7.80. The molecule has 0 unspecified atom stereocenters. The van der Waals surface area contributed by atoms with E-state index in [1.165, 1.54) is 12.3 Å². The van der Waals surface area contributed by atoms with E-state index in [0.717, 1.165) is 26.2 Å². The molecule has 0 saturated carbocycles. The minimum Gasteiger partial charge on any atom is -0.488 e. The molecule has 1 N–H and O–H groups in total. The van der Waals surface area contributed by atoms with Crippen molar-refractivity contribution in [2.75, 3.05) is 39.8 Å². The largest absolute Gasteiger partial charge is 0.488 e. The van der Waals surface area contributed by atoms with Crippen molar-refractivity contribution in [1.82, 2.24) is 20.2 Å². The molecule has 1 aromatic rings. The third kappa shape index (κ3) is 3.17. The average Bonchev–Trinajstić information content (AvgIpc) is 2.54. The van der Waals surface area contributed by atoms with Gasteiger partial charge in [0.25, 0.3) is 0 Å². The number of pyridine rings is 1. The molecule has 1 fully saturated rings. The first kappa shape index (κ1) is 15.1. The topological polar surface area (TPSA) is 53.0 Å². The molecule has 3 heterocycles. The molecule has 0 spiro atoms. The molecule has 22 heavy (non-hydrogen) atoms. The van der Waals surface area contributed by atoms with Crippen molar-refractivity contribution in [1.29, 1.82) is 0 Å². The maximum atomic E-state index is 13.7. The molecule has 2 aliphatic heterocycles. The summed E-state index contributed by atoms with van der Waals surface area (Å²) in [6.07, 6.45) is 1.99. The molecule has 3 rings (SSSR count). The molecule has 1 saturated heterocycles. The van der Waals surface area contributed by atoms with Gasteiger partial charge in [0, 0.05) is 38.8 Å². The van der Waals surface area contributed by atoms with Gasteiger partial charge in [-0.3, -0.25) is 10.4 Å². The van der Waals surface area contributed by atoms with Gasteiger partial charge in [0.2, 0.25) is 0 Å². The SMILES string of the molecule is CN1CCN(C(=S)N/N=C2/CCOc3c(F)ccnc32)CC1. The number of likely N-dealkylation sites (N-methyl/N-ethyl adjacent to an activating group) is 1. The van der Waals surface area contributed by atoms with Gasteiger partial charge in [0.1, 0.15) is 5.69 Å². The molecule has 0 radical (unpaired) electrons. The van der Waals surface area contributed by atoms with Gasteiger partial charge >= 0.3 is 0 Å². The number of fused-ring (bicyclic) bond motifs is 1. The Morgan fingerprint density at radius 1 is 1.41 bits per heavy atom. The van der Waals surface area contributed by atoms with Crippen LogP contribution in [0.2, 0.25) is 0 Å². The van der Waals surface area contributed by atoms with Crippen LogP contribution in [0, 0.1) is 5.82 Å². The predicted octanol–water partition coefficient (Wildman–Crippen LogP) is 0.829. The number of hydrogen-bond donors (Lipinski definition) is 1. The number of piperazine rings is 1. The fourth-order valence-corrected chi connectivity index (χ4v) is 2.67. The van der Waals surface area contributed by atoms with Gasteiger partial charge < -0.3 is 14.5 Å². The van der Waals surface area contributed by atoms with E-state index in [1.54, 1.807) is 0 Å². The summed E-state index contributed by atoms with van der Waals surface area (Å²) in [4.78, 5) is 8.50. The molecule has 0 aromatic carbocycles. The Kier molecular flexibility index (Phi) is 4.49. The molecule has 0 amide bonds. The lowest BCUT2D eigenvalue weighted by molar-refractivity contribution is 0.214. The van der Waals surface area contributed by atoms with Crippen LogP contribution in [0.25, 0.3) is 0 Å². The molecular weight excluding hydrogens is 305 g/mol. The van der Waals surface area contributed by atoms with Gasteiger partial charge in [0.15, 0.2) is 16.7 Å². The Bertz CT molecular complexity index is 601. The van der Waals surface area contributed by atoms with Crippen LogP contribution in [-0.2, 0) is 0 Å². The molecule has 118 valence electrons. The van der Waals surface area contributed by atoms with Gasteiger partial charge in [-0.15, -0.1) is 0 Å². The second-order valence-corrected chi connectivity index (χ2v) is 5.72. The second-order valence-electron chi connectivity index (χ2n) is 5.33. The van der Waals surface area contributed by atoms with Crippen molar-refractivity contribution in [2.45, 2.75) is 6.42 Å². The van der Waals surface area contributed by atoms with Gasteiger partial charge in [-0.25, -0.2) is 4.39 Å². The summed E-state index contributed by atoms with van der Waals surface area (Å²) < 4.78 is 19.0. The summed E-state index contributed by atoms with van der Waals surface area (Å²) in [5, 5.41) is 4.91. The van der Waals surface area contributed by atoms with Crippen LogP contribution in [0.15, 0.2) is 17.4 Å². The number of hydrazone groups is 1. The number of thiocarbonyl (C=S) groups is 1. The summed E-state index contributed by atoms with van der Waals surface area (Å²) in [7, 11) is 2.09. The fraction of sp³-hybridized carbons (Fsp3) is 0.500. The van der Waals surface area contributed by atoms with Crippen LogP contribution in [0.4, 0.5) is 4.39 Å². The van der Waals surface area contributed by atoms with Gasteiger partial charge in [-0.2, -0.15) is 5.10 Å². The number of nitrogens with zero attached hydrogens (tertiary/aromatic N) is 4. The van der Waals surface area contributed by atoms with Gasteiger partial charge in [-0.05, 0) is 25.3 Å². The Labute approximate surface area is 133 Å². The number of ether oxygens (including phenoxy) is 1. The maximum Gasteiger partial charge on any atom is 0.189 e. The average molecular weight is 323 g/mol. The molecule has 0 aliphatic carbocycles. The smallest absolute Gasteiger partial charge is 0.189 e. The van der Waals surface area contributed by atoms with Crippen molar-refractivity contribution >= 4 is 23.0 Å². The van der Waals surface area contributed by atoms with Gasteiger partial charge in [-0.1, -0.05) is 0 Å². The van der Waals surface area contributed by atoms with Crippen molar-refractivity contribution in [2.24, 2.45) is 5.10 Å². The Hall–Kier alpha value is -1.80. The lowest BCUT2D eigenvalue weighted by Gasteiger charge is -2.33. The van der Waals surface area contributed by atoms with Crippen LogP contribution in [0.5, 0.6) is 5.75 Å². The van der Waals surface area contributed by atoms with E-state index >= 15 is 0 Å². The quantitative estimate of drug-likeness (QED) is 0.610. The summed E-state index contributed by atoms with van der Waals surface area (Å²) in [6, 6.07) is 1.28. The molecule has 0 atom stereocenters. The normalized spacial score (nSPS) is 20.5. The van der Waals surface area contributed by atoms with Crippen LogP contribution in [0.1, 0.15) is 12.1 Å². The number of nitrogens with one attached hydrogen (secondary N) is 1. The van der Waals surface area contributed by atoms with Crippen molar-refractivity contribution in [3.8, 4) is 5.75 Å².